The number of amides is 3. The first-order valence-corrected chi connectivity index (χ1v) is 11.7. The van der Waals surface area contributed by atoms with E-state index in [1.165, 1.54) is 13.0 Å². The van der Waals surface area contributed by atoms with Gasteiger partial charge >= 0.3 is 12.0 Å². The molecular weight excluding hydrogens is 448 g/mol. The molecule has 0 bridgehead atoms. The van der Waals surface area contributed by atoms with Crippen LogP contribution < -0.4 is 15.5 Å². The average Bonchev–Trinajstić information content (AvgIpc) is 2.92. The summed E-state index contributed by atoms with van der Waals surface area (Å²) in [6, 6.07) is 1.80. The van der Waals surface area contributed by atoms with Crippen molar-refractivity contribution < 1.29 is 27.5 Å². The maximum Gasteiger partial charge on any atom is 0.340 e. The summed E-state index contributed by atoms with van der Waals surface area (Å²) in [5.41, 5.74) is 0.158. The fourth-order valence-electron chi connectivity index (χ4n) is 3.35. The molecule has 0 spiro atoms. The molecule has 168 valence electrons. The van der Waals surface area contributed by atoms with E-state index in [-0.39, 0.29) is 15.5 Å². The smallest absolute Gasteiger partial charge is 0.340 e. The lowest BCUT2D eigenvalue weighted by Gasteiger charge is -2.30. The Morgan fingerprint density at radius 2 is 2.00 bits per heavy atom. The van der Waals surface area contributed by atoms with Gasteiger partial charge in [-0.1, -0.05) is 18.0 Å². The van der Waals surface area contributed by atoms with Crippen LogP contribution in [0.5, 0.6) is 0 Å². The first-order chi connectivity index (χ1) is 14.6. The molecule has 12 heteroatoms. The minimum Gasteiger partial charge on any atom is -0.449 e. The normalized spacial score (nSPS) is 17.9. The summed E-state index contributed by atoms with van der Waals surface area (Å²) < 4.78 is 34.4. The van der Waals surface area contributed by atoms with Crippen molar-refractivity contribution in [2.45, 2.75) is 50.5 Å². The lowest BCUT2D eigenvalue weighted by molar-refractivity contribution is -0.127. The molecule has 2 aliphatic rings. The molecule has 2 N–H and O–H groups in total. The molecule has 1 aromatic rings. The number of imide groups is 1. The second-order valence-corrected chi connectivity index (χ2v) is 9.12. The highest BCUT2D eigenvalue weighted by Crippen LogP contribution is 2.38. The number of hydrogen-bond donors (Lipinski definition) is 2. The van der Waals surface area contributed by atoms with Crippen LogP contribution in [0.1, 0.15) is 49.9 Å². The Balaban J connectivity index is 1.86. The van der Waals surface area contributed by atoms with Gasteiger partial charge in [0.25, 0.3) is 15.9 Å². The van der Waals surface area contributed by atoms with E-state index in [9.17, 15) is 22.8 Å². The van der Waals surface area contributed by atoms with Gasteiger partial charge in [-0.3, -0.25) is 10.1 Å². The number of fused-ring (bicyclic) bond motifs is 3. The van der Waals surface area contributed by atoms with E-state index in [0.29, 0.717) is 31.0 Å². The van der Waals surface area contributed by atoms with Crippen molar-refractivity contribution in [3.63, 3.8) is 0 Å². The number of hydrogen-bond acceptors (Lipinski definition) is 7. The number of carbonyl (C=O) groups excluding carboxylic acids is 3. The van der Waals surface area contributed by atoms with Crippen LogP contribution in [-0.4, -0.2) is 51.4 Å². The first-order valence-electron chi connectivity index (χ1n) is 9.88. The number of anilines is 1. The lowest BCUT2D eigenvalue weighted by Crippen LogP contribution is -2.44. The highest BCUT2D eigenvalue weighted by Gasteiger charge is 2.34. The fourth-order valence-corrected chi connectivity index (χ4v) is 4.85. The number of sulfonamides is 1. The zero-order valence-corrected chi connectivity index (χ0v) is 18.7. The SMILES string of the molecule is CCNC(=O)NC(=O)[C@H](C)OC(=O)c1cc2c(cc1Cl)N1CCCCCC1=NS2(=O)=O. The molecule has 0 saturated carbocycles. The van der Waals surface area contributed by atoms with E-state index >= 15 is 0 Å². The van der Waals surface area contributed by atoms with Crippen molar-refractivity contribution in [3.05, 3.63) is 22.7 Å². The van der Waals surface area contributed by atoms with Crippen molar-refractivity contribution in [1.82, 2.24) is 10.6 Å². The molecule has 31 heavy (non-hydrogen) atoms. The minimum atomic E-state index is -4.02. The third-order valence-electron chi connectivity index (χ3n) is 4.88. The van der Waals surface area contributed by atoms with Gasteiger partial charge in [-0.25, -0.2) is 9.59 Å². The molecule has 2 aliphatic heterocycles. The van der Waals surface area contributed by atoms with Crippen LogP contribution in [0.2, 0.25) is 5.02 Å². The number of rotatable bonds is 4. The molecule has 0 unspecified atom stereocenters. The molecule has 1 fully saturated rings. The first kappa shape index (κ1) is 23.0. The van der Waals surface area contributed by atoms with Crippen molar-refractivity contribution in [1.29, 1.82) is 0 Å². The highest BCUT2D eigenvalue weighted by atomic mass is 35.5. The predicted octanol–water partition coefficient (Wildman–Crippen LogP) is 2.21. The van der Waals surface area contributed by atoms with E-state index in [1.807, 2.05) is 10.2 Å². The Kier molecular flexibility index (Phi) is 6.85. The maximum atomic E-state index is 12.7. The van der Waals surface area contributed by atoms with Crippen LogP contribution in [0.15, 0.2) is 21.4 Å². The molecule has 0 aromatic heterocycles. The summed E-state index contributed by atoms with van der Waals surface area (Å²) in [6.07, 6.45) is 1.90. The third-order valence-corrected chi connectivity index (χ3v) is 6.53. The molecular formula is C19H23ClN4O6S. The number of amidine groups is 1. The van der Waals surface area contributed by atoms with Crippen molar-refractivity contribution >= 4 is 51.1 Å². The highest BCUT2D eigenvalue weighted by molar-refractivity contribution is 7.90. The van der Waals surface area contributed by atoms with Crippen LogP contribution >= 0.6 is 11.6 Å². The molecule has 0 radical (unpaired) electrons. The summed E-state index contributed by atoms with van der Waals surface area (Å²) >= 11 is 6.28. The summed E-state index contributed by atoms with van der Waals surface area (Å²) in [7, 11) is -4.02. The zero-order chi connectivity index (χ0) is 22.8. The van der Waals surface area contributed by atoms with Gasteiger partial charge in [0, 0.05) is 19.5 Å². The molecule has 10 nitrogen and oxygen atoms in total. The van der Waals surface area contributed by atoms with E-state index < -0.39 is 34.0 Å². The van der Waals surface area contributed by atoms with Gasteiger partial charge in [0.15, 0.2) is 6.10 Å². The number of ether oxygens (including phenoxy) is 1. The molecule has 0 aliphatic carbocycles. The van der Waals surface area contributed by atoms with E-state index in [4.69, 9.17) is 16.3 Å². The van der Waals surface area contributed by atoms with Gasteiger partial charge < -0.3 is 15.0 Å². The Labute approximate surface area is 185 Å². The van der Waals surface area contributed by atoms with Gasteiger partial charge in [0.1, 0.15) is 10.7 Å². The summed E-state index contributed by atoms with van der Waals surface area (Å²) in [5, 5.41) is 4.40. The Morgan fingerprint density at radius 3 is 2.71 bits per heavy atom. The summed E-state index contributed by atoms with van der Waals surface area (Å²) in [4.78, 5) is 37.7. The number of nitrogens with one attached hydrogen (secondary N) is 2. The van der Waals surface area contributed by atoms with Gasteiger partial charge in [0.05, 0.1) is 16.3 Å². The summed E-state index contributed by atoms with van der Waals surface area (Å²) in [6.45, 7) is 3.87. The maximum absolute atomic E-state index is 12.7. The van der Waals surface area contributed by atoms with Crippen LogP contribution in [0.3, 0.4) is 0 Å². The Hall–Kier alpha value is -2.66. The number of urea groups is 1. The van der Waals surface area contributed by atoms with Gasteiger partial charge in [-0.05, 0) is 38.8 Å². The molecule has 2 heterocycles. The Bertz CT molecular complexity index is 1060. The number of halogens is 1. The lowest BCUT2D eigenvalue weighted by atomic mass is 10.1. The molecule has 1 saturated heterocycles. The quantitative estimate of drug-likeness (QED) is 0.644. The zero-order valence-electron chi connectivity index (χ0n) is 17.1. The van der Waals surface area contributed by atoms with Gasteiger partial charge in [0.2, 0.25) is 0 Å². The van der Waals surface area contributed by atoms with Gasteiger partial charge in [-0.2, -0.15) is 8.42 Å². The molecule has 1 aromatic carbocycles. The second-order valence-electron chi connectivity index (χ2n) is 7.14. The Morgan fingerprint density at radius 1 is 1.26 bits per heavy atom. The largest absolute Gasteiger partial charge is 0.449 e. The minimum absolute atomic E-state index is 0.0132. The van der Waals surface area contributed by atoms with E-state index in [0.717, 1.165) is 25.3 Å². The summed E-state index contributed by atoms with van der Waals surface area (Å²) in [5.74, 6) is -1.36. The van der Waals surface area contributed by atoms with Crippen LogP contribution in [0, 0.1) is 0 Å². The van der Waals surface area contributed by atoms with E-state index in [1.54, 1.807) is 6.92 Å². The monoisotopic (exact) mass is 470 g/mol. The second kappa shape index (κ2) is 9.23. The average molecular weight is 471 g/mol. The number of carbonyl (C=O) groups is 3. The van der Waals surface area contributed by atoms with Crippen molar-refractivity contribution in [2.75, 3.05) is 18.0 Å². The predicted molar refractivity (Wildman–Crippen MR) is 114 cm³/mol. The number of esters is 1. The standard InChI is InChI=1S/C19H23ClN4O6S/c1-3-21-19(27)22-17(25)11(2)30-18(26)12-9-15-14(10-13(12)20)24-8-6-4-5-7-16(24)23-31(15,28)29/h9-11H,3-8H2,1-2H3,(H2,21,22,25,27)/t11-/m0/s1. The topological polar surface area (TPSA) is 134 Å². The molecule has 3 rings (SSSR count). The van der Waals surface area contributed by atoms with Gasteiger partial charge in [-0.15, -0.1) is 4.40 Å². The van der Waals surface area contributed by atoms with Crippen LogP contribution in [0.25, 0.3) is 0 Å². The van der Waals surface area contributed by atoms with Crippen LogP contribution in [0.4, 0.5) is 10.5 Å². The van der Waals surface area contributed by atoms with Crippen LogP contribution in [-0.2, 0) is 19.6 Å². The van der Waals surface area contributed by atoms with Crippen molar-refractivity contribution in [3.8, 4) is 0 Å². The number of nitrogens with zero attached hydrogens (tertiary/aromatic N) is 2. The molecule has 3 amide bonds. The third kappa shape index (κ3) is 4.99. The fraction of sp³-hybridized carbons (Fsp3) is 0.474. The van der Waals surface area contributed by atoms with Crippen molar-refractivity contribution in [2.24, 2.45) is 4.40 Å². The van der Waals surface area contributed by atoms with E-state index in [2.05, 4.69) is 9.71 Å². The molecule has 1 atom stereocenters. The number of benzene rings is 1.